The fourth-order valence-corrected chi connectivity index (χ4v) is 5.42. The molecule has 218 valence electrons. The Kier molecular flexibility index (Phi) is 10.1. The zero-order chi connectivity index (χ0) is 27.9. The van der Waals surface area contributed by atoms with E-state index in [1.165, 1.54) is 11.3 Å². The summed E-state index contributed by atoms with van der Waals surface area (Å²) in [5.74, 6) is 2.62. The molecule has 0 bridgehead atoms. The van der Waals surface area contributed by atoms with Gasteiger partial charge in [0.15, 0.2) is 0 Å². The number of nitrogens with two attached hydrogens (primary N) is 1. The van der Waals surface area contributed by atoms with Crippen molar-refractivity contribution in [2.45, 2.75) is 19.3 Å². The van der Waals surface area contributed by atoms with Crippen molar-refractivity contribution in [1.82, 2.24) is 4.90 Å². The van der Waals surface area contributed by atoms with Crippen molar-refractivity contribution >= 4 is 34.0 Å². The highest BCUT2D eigenvalue weighted by Crippen LogP contribution is 2.39. The number of hydrogen-bond acceptors (Lipinski definition) is 6. The third-order valence-electron chi connectivity index (χ3n) is 7.62. The molecule has 0 atom stereocenters. The van der Waals surface area contributed by atoms with E-state index in [-0.39, 0.29) is 5.48 Å². The number of anilines is 3. The summed E-state index contributed by atoms with van der Waals surface area (Å²) in [6.45, 7) is 5.25. The van der Waals surface area contributed by atoms with Crippen LogP contribution in [0.4, 0.5) is 17.3 Å². The van der Waals surface area contributed by atoms with Crippen LogP contribution >= 0.6 is 0 Å². The summed E-state index contributed by atoms with van der Waals surface area (Å²) in [5, 5.41) is 1.97. The van der Waals surface area contributed by atoms with Gasteiger partial charge in [-0.3, -0.25) is 9.89 Å². The van der Waals surface area contributed by atoms with Crippen molar-refractivity contribution in [3.63, 3.8) is 0 Å². The molecule has 1 saturated heterocycles. The van der Waals surface area contributed by atoms with Crippen molar-refractivity contribution in [1.29, 1.82) is 0 Å². The number of piperazine rings is 1. The molecule has 1 fully saturated rings. The maximum atomic E-state index is 6.42. The van der Waals surface area contributed by atoms with Crippen LogP contribution in [0.1, 0.15) is 18.4 Å². The Bertz CT molecular complexity index is 1450. The first kappa shape index (κ1) is 29.8. The van der Waals surface area contributed by atoms with Crippen LogP contribution in [0.5, 0.6) is 11.5 Å². The Morgan fingerprint density at radius 2 is 1.66 bits per heavy atom. The van der Waals surface area contributed by atoms with E-state index in [4.69, 9.17) is 19.6 Å². The third-order valence-corrected chi connectivity index (χ3v) is 7.62. The number of fused-ring (bicyclic) bond motifs is 1. The minimum absolute atomic E-state index is 0. The second-order valence-electron chi connectivity index (χ2n) is 10.0. The summed E-state index contributed by atoms with van der Waals surface area (Å²) in [5.41, 5.74) is 9.64. The molecule has 0 saturated carbocycles. The standard InChI is InChI=1S/C32H39N5O3.H2O/c1-34-32(33)37(31-26-12-5-4-11-25(26)23-40-31)28-22-24(15-16-30(28)39-3)10-8-9-17-35-18-20-36(21-19-35)27-13-6-7-14-29(27)38-2;/h4-7,11-16,22-23H,8-10,17-21H2,1-3H3,(H2,33,34);1H2. The predicted molar refractivity (Wildman–Crippen MR) is 167 cm³/mol. The van der Waals surface area contributed by atoms with Gasteiger partial charge in [-0.25, -0.2) is 4.90 Å². The molecular formula is C32H41N5O4. The Balaban J connectivity index is 0.00000387. The Morgan fingerprint density at radius 1 is 0.927 bits per heavy atom. The maximum absolute atomic E-state index is 6.42. The average Bonchev–Trinajstić information content (AvgIpc) is 3.43. The first-order chi connectivity index (χ1) is 19.6. The average molecular weight is 560 g/mol. The molecule has 9 nitrogen and oxygen atoms in total. The molecule has 0 unspecified atom stereocenters. The SMILES string of the molecule is CN=C(N)N(c1cc(CCCCN2CCN(c3ccccc3OC)CC2)ccc1OC)c1occ2ccccc12.O. The van der Waals surface area contributed by atoms with E-state index in [1.807, 2.05) is 47.4 Å². The molecule has 1 aromatic heterocycles. The first-order valence-electron chi connectivity index (χ1n) is 13.9. The highest BCUT2D eigenvalue weighted by molar-refractivity contribution is 6.08. The lowest BCUT2D eigenvalue weighted by Gasteiger charge is -2.36. The number of furan rings is 1. The van der Waals surface area contributed by atoms with E-state index in [1.54, 1.807) is 27.5 Å². The topological polar surface area (TPSA) is 111 Å². The number of para-hydroxylation sites is 2. The van der Waals surface area contributed by atoms with E-state index in [9.17, 15) is 0 Å². The molecule has 9 heteroatoms. The zero-order valence-corrected chi connectivity index (χ0v) is 24.2. The van der Waals surface area contributed by atoms with Crippen LogP contribution in [0, 0.1) is 0 Å². The van der Waals surface area contributed by atoms with Crippen LogP contribution < -0.4 is 25.0 Å². The molecule has 0 radical (unpaired) electrons. The molecule has 4 aromatic rings. The first-order valence-corrected chi connectivity index (χ1v) is 13.9. The van der Waals surface area contributed by atoms with Gasteiger partial charge in [-0.1, -0.05) is 36.4 Å². The molecule has 0 aliphatic carbocycles. The van der Waals surface area contributed by atoms with Crippen LogP contribution in [0.2, 0.25) is 0 Å². The number of methoxy groups -OCH3 is 2. The normalized spacial score (nSPS) is 14.1. The number of unbranched alkanes of at least 4 members (excludes halogenated alkanes) is 1. The van der Waals surface area contributed by atoms with Gasteiger partial charge in [0.05, 0.1) is 25.6 Å². The lowest BCUT2D eigenvalue weighted by Crippen LogP contribution is -2.46. The molecule has 41 heavy (non-hydrogen) atoms. The Labute approximate surface area is 242 Å². The third kappa shape index (κ3) is 6.58. The molecular weight excluding hydrogens is 518 g/mol. The lowest BCUT2D eigenvalue weighted by molar-refractivity contribution is 0.252. The number of benzene rings is 3. The molecule has 1 aliphatic heterocycles. The fraction of sp³-hybridized carbons (Fsp3) is 0.344. The summed E-state index contributed by atoms with van der Waals surface area (Å²) >= 11 is 0. The molecule has 5 rings (SSSR count). The van der Waals surface area contributed by atoms with Crippen molar-refractivity contribution in [3.05, 3.63) is 78.6 Å². The van der Waals surface area contributed by atoms with Gasteiger partial charge >= 0.3 is 0 Å². The van der Waals surface area contributed by atoms with E-state index >= 15 is 0 Å². The highest BCUT2D eigenvalue weighted by Gasteiger charge is 2.24. The molecule has 3 aromatic carbocycles. The number of guanidine groups is 1. The Morgan fingerprint density at radius 3 is 2.41 bits per heavy atom. The lowest BCUT2D eigenvalue weighted by atomic mass is 10.1. The van der Waals surface area contributed by atoms with Gasteiger partial charge in [-0.15, -0.1) is 0 Å². The monoisotopic (exact) mass is 559 g/mol. The van der Waals surface area contributed by atoms with Crippen molar-refractivity contribution in [2.75, 3.05) is 63.8 Å². The van der Waals surface area contributed by atoms with Gasteiger partial charge in [-0.2, -0.15) is 0 Å². The predicted octanol–water partition coefficient (Wildman–Crippen LogP) is 4.85. The van der Waals surface area contributed by atoms with E-state index < -0.39 is 0 Å². The molecule has 4 N–H and O–H groups in total. The van der Waals surface area contributed by atoms with Crippen LogP contribution in [0.15, 0.2) is 82.4 Å². The minimum Gasteiger partial charge on any atom is -0.495 e. The van der Waals surface area contributed by atoms with E-state index in [0.717, 1.165) is 74.2 Å². The number of nitrogens with zero attached hydrogens (tertiary/aromatic N) is 4. The van der Waals surface area contributed by atoms with Crippen molar-refractivity contribution in [3.8, 4) is 11.5 Å². The highest BCUT2D eigenvalue weighted by atomic mass is 16.5. The van der Waals surface area contributed by atoms with Crippen molar-refractivity contribution < 1.29 is 19.4 Å². The molecule has 1 aliphatic rings. The fourth-order valence-electron chi connectivity index (χ4n) is 5.42. The largest absolute Gasteiger partial charge is 0.495 e. The van der Waals surface area contributed by atoms with Crippen LogP contribution in [0.3, 0.4) is 0 Å². The van der Waals surface area contributed by atoms with Crippen LogP contribution in [-0.2, 0) is 6.42 Å². The van der Waals surface area contributed by atoms with Crippen molar-refractivity contribution in [2.24, 2.45) is 10.7 Å². The van der Waals surface area contributed by atoms with Crippen LogP contribution in [0.25, 0.3) is 10.8 Å². The van der Waals surface area contributed by atoms with Gasteiger partial charge in [0, 0.05) is 44.0 Å². The maximum Gasteiger partial charge on any atom is 0.214 e. The minimum atomic E-state index is 0. The number of aryl methyl sites for hydroxylation is 1. The summed E-state index contributed by atoms with van der Waals surface area (Å²) in [4.78, 5) is 11.1. The summed E-state index contributed by atoms with van der Waals surface area (Å²) in [6.07, 6.45) is 4.95. The smallest absolute Gasteiger partial charge is 0.214 e. The van der Waals surface area contributed by atoms with Gasteiger partial charge in [0.1, 0.15) is 17.8 Å². The van der Waals surface area contributed by atoms with Crippen LogP contribution in [-0.4, -0.2) is 70.3 Å². The molecule has 2 heterocycles. The summed E-state index contributed by atoms with van der Waals surface area (Å²) < 4.78 is 17.3. The van der Waals surface area contributed by atoms with E-state index in [2.05, 4.69) is 39.1 Å². The second kappa shape index (κ2) is 13.9. The van der Waals surface area contributed by atoms with Gasteiger partial charge in [0.2, 0.25) is 11.8 Å². The van der Waals surface area contributed by atoms with E-state index in [0.29, 0.717) is 17.6 Å². The Hall–Kier alpha value is -4.21. The van der Waals surface area contributed by atoms with Gasteiger partial charge in [0.25, 0.3) is 0 Å². The number of aliphatic imine (C=N–C) groups is 1. The summed E-state index contributed by atoms with van der Waals surface area (Å²) in [6, 6.07) is 22.6. The summed E-state index contributed by atoms with van der Waals surface area (Å²) in [7, 11) is 5.09. The second-order valence-corrected chi connectivity index (χ2v) is 10.0. The quantitative estimate of drug-likeness (QED) is 0.168. The molecule has 0 amide bonds. The molecule has 0 spiro atoms. The zero-order valence-electron chi connectivity index (χ0n) is 24.2. The number of rotatable bonds is 10. The van der Waals surface area contributed by atoms with Gasteiger partial charge < -0.3 is 30.0 Å². The van der Waals surface area contributed by atoms with Gasteiger partial charge in [-0.05, 0) is 61.7 Å². The number of hydrogen-bond donors (Lipinski definition) is 1. The number of ether oxygens (including phenoxy) is 2.